The molecule has 0 fully saturated rings. The molecule has 5 heteroatoms. The van der Waals surface area contributed by atoms with E-state index < -0.39 is 0 Å². The normalized spacial score (nSPS) is 10.9. The Bertz CT molecular complexity index is 225. The van der Waals surface area contributed by atoms with Crippen LogP contribution in [0.25, 0.3) is 10.4 Å². The Morgan fingerprint density at radius 1 is 1.62 bits per heavy atom. The molecule has 0 spiro atoms. The Labute approximate surface area is 77.7 Å². The van der Waals surface area contributed by atoms with Gasteiger partial charge in [0, 0.05) is 18.4 Å². The molecule has 0 aromatic heterocycles. The average molecular weight is 183 g/mol. The first-order chi connectivity index (χ1) is 6.35. The Balaban J connectivity index is 3.83. The Kier molecular flexibility index (Phi) is 8.06. The van der Waals surface area contributed by atoms with E-state index in [0.717, 1.165) is 0 Å². The molecule has 0 bridgehead atoms. The van der Waals surface area contributed by atoms with Gasteiger partial charge in [-0.15, -0.1) is 11.8 Å². The minimum atomic E-state index is -0.178. The lowest BCUT2D eigenvalue weighted by atomic mass is 10.2. The summed E-state index contributed by atoms with van der Waals surface area (Å²) in [7, 11) is 1.54. The number of methoxy groups -OCH3 is 1. The van der Waals surface area contributed by atoms with Gasteiger partial charge in [-0.2, -0.15) is 0 Å². The third-order valence-corrected chi connectivity index (χ3v) is 1.28. The zero-order chi connectivity index (χ0) is 9.94. The van der Waals surface area contributed by atoms with Gasteiger partial charge in [0.25, 0.3) is 0 Å². The van der Waals surface area contributed by atoms with Crippen molar-refractivity contribution in [1.29, 1.82) is 0 Å². The molecule has 0 heterocycles. The first-order valence-electron chi connectivity index (χ1n) is 3.86. The summed E-state index contributed by atoms with van der Waals surface area (Å²) < 4.78 is 9.93. The first-order valence-corrected chi connectivity index (χ1v) is 3.86. The highest BCUT2D eigenvalue weighted by atomic mass is 16.7. The van der Waals surface area contributed by atoms with E-state index in [2.05, 4.69) is 21.9 Å². The summed E-state index contributed by atoms with van der Waals surface area (Å²) >= 11 is 0. The zero-order valence-corrected chi connectivity index (χ0v) is 7.86. The van der Waals surface area contributed by atoms with Crippen molar-refractivity contribution < 1.29 is 9.47 Å². The molecular weight excluding hydrogens is 170 g/mol. The van der Waals surface area contributed by atoms with Crippen LogP contribution in [0.4, 0.5) is 0 Å². The zero-order valence-electron chi connectivity index (χ0n) is 7.86. The van der Waals surface area contributed by atoms with Crippen LogP contribution in [-0.2, 0) is 9.47 Å². The van der Waals surface area contributed by atoms with Crippen LogP contribution in [-0.4, -0.2) is 26.6 Å². The molecular formula is C8H13N3O2. The Morgan fingerprint density at radius 2 is 2.38 bits per heavy atom. The average Bonchev–Trinajstić information content (AvgIpc) is 2.17. The van der Waals surface area contributed by atoms with E-state index in [1.54, 1.807) is 6.92 Å². The highest BCUT2D eigenvalue weighted by Gasteiger charge is 2.05. The molecule has 0 amide bonds. The second-order valence-corrected chi connectivity index (χ2v) is 2.24. The molecule has 72 valence electrons. The van der Waals surface area contributed by atoms with Crippen LogP contribution in [0.1, 0.15) is 13.3 Å². The standard InChI is InChI=1S/C8H13N3O2/c1-3-4-5-8(6-10-11-9)13-7-12-2/h8H,5-7H2,1-2H3/t8-/m0/s1. The fourth-order valence-corrected chi connectivity index (χ4v) is 0.684. The number of hydrogen-bond acceptors (Lipinski definition) is 3. The maximum absolute atomic E-state index is 8.10. The minimum absolute atomic E-state index is 0.178. The SMILES string of the molecule is CC#CC[C@@H](CN=[N+]=[N-])OCOC. The summed E-state index contributed by atoms with van der Waals surface area (Å²) in [6.07, 6.45) is 0.377. The molecule has 0 unspecified atom stereocenters. The molecule has 1 atom stereocenters. The Morgan fingerprint density at radius 3 is 2.92 bits per heavy atom. The van der Waals surface area contributed by atoms with E-state index in [0.29, 0.717) is 6.42 Å². The summed E-state index contributed by atoms with van der Waals surface area (Å²) in [4.78, 5) is 2.65. The number of rotatable bonds is 6. The number of azide groups is 1. The minimum Gasteiger partial charge on any atom is -0.359 e. The van der Waals surface area contributed by atoms with Crippen molar-refractivity contribution in [3.8, 4) is 11.8 Å². The van der Waals surface area contributed by atoms with Crippen molar-refractivity contribution >= 4 is 0 Å². The quantitative estimate of drug-likeness (QED) is 0.207. The van der Waals surface area contributed by atoms with Crippen LogP contribution in [0, 0.1) is 11.8 Å². The molecule has 13 heavy (non-hydrogen) atoms. The number of nitrogens with zero attached hydrogens (tertiary/aromatic N) is 3. The van der Waals surface area contributed by atoms with E-state index in [1.807, 2.05) is 0 Å². The molecule has 0 aliphatic rings. The van der Waals surface area contributed by atoms with Gasteiger partial charge >= 0.3 is 0 Å². The lowest BCUT2D eigenvalue weighted by Crippen LogP contribution is -2.17. The van der Waals surface area contributed by atoms with Gasteiger partial charge in [0.15, 0.2) is 0 Å². The summed E-state index contributed by atoms with van der Waals surface area (Å²) in [5.41, 5.74) is 8.10. The van der Waals surface area contributed by atoms with Crippen LogP contribution in [0.2, 0.25) is 0 Å². The third kappa shape index (κ3) is 7.16. The van der Waals surface area contributed by atoms with E-state index >= 15 is 0 Å². The molecule has 0 aliphatic carbocycles. The van der Waals surface area contributed by atoms with Crippen molar-refractivity contribution in [2.75, 3.05) is 20.4 Å². The van der Waals surface area contributed by atoms with E-state index in [1.165, 1.54) is 7.11 Å². The summed E-state index contributed by atoms with van der Waals surface area (Å²) in [6.45, 7) is 2.23. The van der Waals surface area contributed by atoms with Crippen molar-refractivity contribution in [3.63, 3.8) is 0 Å². The lowest BCUT2D eigenvalue weighted by Gasteiger charge is -2.11. The van der Waals surface area contributed by atoms with Crippen LogP contribution in [0.15, 0.2) is 5.11 Å². The van der Waals surface area contributed by atoms with Gasteiger partial charge in [-0.3, -0.25) is 0 Å². The van der Waals surface area contributed by atoms with E-state index in [4.69, 9.17) is 15.0 Å². The largest absolute Gasteiger partial charge is 0.359 e. The van der Waals surface area contributed by atoms with Gasteiger partial charge in [0.1, 0.15) is 6.79 Å². The summed E-state index contributed by atoms with van der Waals surface area (Å²) in [6, 6.07) is 0. The van der Waals surface area contributed by atoms with Crippen LogP contribution >= 0.6 is 0 Å². The van der Waals surface area contributed by atoms with Gasteiger partial charge in [0.2, 0.25) is 0 Å². The van der Waals surface area contributed by atoms with Gasteiger partial charge in [-0.05, 0) is 12.5 Å². The second-order valence-electron chi connectivity index (χ2n) is 2.24. The first kappa shape index (κ1) is 11.8. The molecule has 0 radical (unpaired) electrons. The highest BCUT2D eigenvalue weighted by Crippen LogP contribution is 1.98. The van der Waals surface area contributed by atoms with Gasteiger partial charge in [-0.25, -0.2) is 0 Å². The predicted octanol–water partition coefficient (Wildman–Crippen LogP) is 1.70. The molecule has 0 saturated carbocycles. The summed E-state index contributed by atoms with van der Waals surface area (Å²) in [5, 5.41) is 3.41. The maximum Gasteiger partial charge on any atom is 0.146 e. The fraction of sp³-hybridized carbons (Fsp3) is 0.750. The van der Waals surface area contributed by atoms with Gasteiger partial charge in [0.05, 0.1) is 12.6 Å². The van der Waals surface area contributed by atoms with E-state index in [9.17, 15) is 0 Å². The molecule has 0 rings (SSSR count). The second kappa shape index (κ2) is 8.88. The van der Waals surface area contributed by atoms with Crippen LogP contribution in [0.5, 0.6) is 0 Å². The number of ether oxygens (including phenoxy) is 2. The van der Waals surface area contributed by atoms with Crippen molar-refractivity contribution in [3.05, 3.63) is 10.4 Å². The van der Waals surface area contributed by atoms with Crippen molar-refractivity contribution in [2.24, 2.45) is 5.11 Å². The fourth-order valence-electron chi connectivity index (χ4n) is 0.684. The predicted molar refractivity (Wildman–Crippen MR) is 48.8 cm³/mol. The topological polar surface area (TPSA) is 67.2 Å². The molecule has 0 saturated heterocycles. The maximum atomic E-state index is 8.10. The van der Waals surface area contributed by atoms with E-state index in [-0.39, 0.29) is 19.4 Å². The molecule has 0 N–H and O–H groups in total. The van der Waals surface area contributed by atoms with Crippen molar-refractivity contribution in [1.82, 2.24) is 0 Å². The Hall–Kier alpha value is -1.21. The third-order valence-electron chi connectivity index (χ3n) is 1.28. The van der Waals surface area contributed by atoms with Gasteiger partial charge in [-0.1, -0.05) is 5.11 Å². The molecule has 0 aliphatic heterocycles. The molecule has 0 aromatic rings. The van der Waals surface area contributed by atoms with Crippen LogP contribution in [0.3, 0.4) is 0 Å². The number of hydrogen-bond donors (Lipinski definition) is 0. The monoisotopic (exact) mass is 183 g/mol. The molecule has 0 aromatic carbocycles. The smallest absolute Gasteiger partial charge is 0.146 e. The van der Waals surface area contributed by atoms with Crippen LogP contribution < -0.4 is 0 Å². The lowest BCUT2D eigenvalue weighted by molar-refractivity contribution is -0.0661. The highest BCUT2D eigenvalue weighted by molar-refractivity contribution is 4.97. The van der Waals surface area contributed by atoms with Crippen molar-refractivity contribution in [2.45, 2.75) is 19.4 Å². The van der Waals surface area contributed by atoms with Gasteiger partial charge < -0.3 is 9.47 Å². The summed E-state index contributed by atoms with van der Waals surface area (Å²) in [5.74, 6) is 5.60. The molecule has 5 nitrogen and oxygen atoms in total.